The second kappa shape index (κ2) is 6.89. The van der Waals surface area contributed by atoms with E-state index >= 15 is 0 Å². The molecular weight excluding hydrogens is 384 g/mol. The lowest BCUT2D eigenvalue weighted by Crippen LogP contribution is -2.48. The lowest BCUT2D eigenvalue weighted by atomic mass is 9.76. The van der Waals surface area contributed by atoms with Crippen molar-refractivity contribution in [3.8, 4) is 11.5 Å². The Morgan fingerprint density at radius 2 is 1.74 bits per heavy atom. The summed E-state index contributed by atoms with van der Waals surface area (Å²) in [6.07, 6.45) is 2.15. The van der Waals surface area contributed by atoms with Crippen LogP contribution in [0.2, 0.25) is 0 Å². The van der Waals surface area contributed by atoms with Crippen molar-refractivity contribution in [1.82, 2.24) is 10.3 Å². The SMILES string of the molecule is COc1cccc([C@@H]2CN[C@@]3(CCc4ccccc43)c3[nH]c4ccccc4c32)c1OC. The van der Waals surface area contributed by atoms with Gasteiger partial charge in [0.25, 0.3) is 0 Å². The minimum atomic E-state index is -0.173. The van der Waals surface area contributed by atoms with Crippen molar-refractivity contribution in [3.63, 3.8) is 0 Å². The Labute approximate surface area is 182 Å². The number of para-hydroxylation sites is 2. The van der Waals surface area contributed by atoms with Crippen LogP contribution in [0.4, 0.5) is 0 Å². The standard InChI is InChI=1S/C27H26N2O2/c1-30-23-13-7-10-18(25(23)31-2)20-16-28-27(15-14-17-8-3-5-11-21(17)27)26-24(20)19-9-4-6-12-22(19)29-26/h3-13,20,28-29H,14-16H2,1-2H3/t20-,27+/m0/s1. The molecule has 0 bridgehead atoms. The average Bonchev–Trinajstić information content (AvgIpc) is 3.39. The van der Waals surface area contributed by atoms with Crippen molar-refractivity contribution in [1.29, 1.82) is 0 Å². The van der Waals surface area contributed by atoms with Gasteiger partial charge < -0.3 is 19.8 Å². The van der Waals surface area contributed by atoms with Crippen LogP contribution in [0.3, 0.4) is 0 Å². The zero-order valence-corrected chi connectivity index (χ0v) is 17.9. The first kappa shape index (κ1) is 18.5. The molecular formula is C27H26N2O2. The maximum absolute atomic E-state index is 5.83. The third-order valence-corrected chi connectivity index (χ3v) is 7.18. The number of benzene rings is 3. The van der Waals surface area contributed by atoms with Gasteiger partial charge in [0.05, 0.1) is 19.8 Å². The number of methoxy groups -OCH3 is 2. The predicted molar refractivity (Wildman–Crippen MR) is 123 cm³/mol. The van der Waals surface area contributed by atoms with Crippen molar-refractivity contribution in [2.45, 2.75) is 24.3 Å². The van der Waals surface area contributed by atoms with E-state index in [9.17, 15) is 0 Å². The average molecular weight is 411 g/mol. The van der Waals surface area contributed by atoms with Gasteiger partial charge in [0.15, 0.2) is 11.5 Å². The van der Waals surface area contributed by atoms with Gasteiger partial charge in [-0.1, -0.05) is 54.6 Å². The van der Waals surface area contributed by atoms with Gasteiger partial charge in [-0.25, -0.2) is 0 Å². The Kier molecular flexibility index (Phi) is 4.12. The topological polar surface area (TPSA) is 46.3 Å². The van der Waals surface area contributed by atoms with Crippen LogP contribution in [-0.4, -0.2) is 25.7 Å². The molecule has 1 aliphatic heterocycles. The first-order valence-corrected chi connectivity index (χ1v) is 10.9. The van der Waals surface area contributed by atoms with Gasteiger partial charge in [0.2, 0.25) is 0 Å². The van der Waals surface area contributed by atoms with Crippen LogP contribution in [0, 0.1) is 0 Å². The van der Waals surface area contributed by atoms with Gasteiger partial charge in [0.1, 0.15) is 0 Å². The molecule has 4 heteroatoms. The summed E-state index contributed by atoms with van der Waals surface area (Å²) in [6.45, 7) is 0.840. The van der Waals surface area contributed by atoms with E-state index in [4.69, 9.17) is 9.47 Å². The molecule has 2 aliphatic rings. The second-order valence-corrected chi connectivity index (χ2v) is 8.54. The Morgan fingerprint density at radius 1 is 0.903 bits per heavy atom. The van der Waals surface area contributed by atoms with Crippen molar-refractivity contribution >= 4 is 10.9 Å². The summed E-state index contributed by atoms with van der Waals surface area (Å²) in [4.78, 5) is 3.82. The third-order valence-electron chi connectivity index (χ3n) is 7.18. The predicted octanol–water partition coefficient (Wildman–Crippen LogP) is 5.11. The fraction of sp³-hybridized carbons (Fsp3) is 0.259. The van der Waals surface area contributed by atoms with E-state index in [1.165, 1.54) is 33.3 Å². The molecule has 31 heavy (non-hydrogen) atoms. The highest BCUT2D eigenvalue weighted by Gasteiger charge is 2.47. The van der Waals surface area contributed by atoms with Gasteiger partial charge in [-0.3, -0.25) is 0 Å². The van der Waals surface area contributed by atoms with E-state index in [1.807, 2.05) is 6.07 Å². The molecule has 156 valence electrons. The molecule has 1 aliphatic carbocycles. The Morgan fingerprint density at radius 3 is 2.61 bits per heavy atom. The van der Waals surface area contributed by atoms with E-state index in [0.717, 1.165) is 36.4 Å². The Hall–Kier alpha value is -3.24. The third kappa shape index (κ3) is 2.52. The number of fused-ring (bicyclic) bond motifs is 6. The molecule has 0 fully saturated rings. The Bertz CT molecular complexity index is 1290. The van der Waals surface area contributed by atoms with E-state index < -0.39 is 0 Å². The molecule has 0 amide bonds. The molecule has 2 atom stereocenters. The Balaban J connectivity index is 1.62. The van der Waals surface area contributed by atoms with Crippen molar-refractivity contribution in [2.75, 3.05) is 20.8 Å². The molecule has 0 unspecified atom stereocenters. The summed E-state index contributed by atoms with van der Waals surface area (Å²) in [6, 6.07) is 23.7. The summed E-state index contributed by atoms with van der Waals surface area (Å²) in [5.74, 6) is 1.75. The zero-order chi connectivity index (χ0) is 21.0. The van der Waals surface area contributed by atoms with Crippen molar-refractivity contribution < 1.29 is 9.47 Å². The lowest BCUT2D eigenvalue weighted by Gasteiger charge is -2.40. The zero-order valence-electron chi connectivity index (χ0n) is 17.9. The molecule has 3 aromatic carbocycles. The number of aryl methyl sites for hydroxylation is 1. The normalized spacial score (nSPS) is 21.8. The fourth-order valence-electron chi connectivity index (χ4n) is 5.84. The largest absolute Gasteiger partial charge is 0.493 e. The molecule has 0 radical (unpaired) electrons. The van der Waals surface area contributed by atoms with Crippen LogP contribution in [0.15, 0.2) is 66.7 Å². The molecule has 6 rings (SSSR count). The maximum Gasteiger partial charge on any atom is 0.164 e. The molecule has 2 N–H and O–H groups in total. The van der Waals surface area contributed by atoms with Crippen LogP contribution in [-0.2, 0) is 12.0 Å². The summed E-state index contributed by atoms with van der Waals surface area (Å²) in [7, 11) is 3.42. The number of aromatic nitrogens is 1. The molecule has 4 nitrogen and oxygen atoms in total. The number of H-pyrrole nitrogens is 1. The molecule has 1 spiro atoms. The number of rotatable bonds is 3. The van der Waals surface area contributed by atoms with Crippen molar-refractivity contribution in [2.24, 2.45) is 0 Å². The number of aromatic amines is 1. The van der Waals surface area contributed by atoms with Crippen LogP contribution in [0.25, 0.3) is 10.9 Å². The monoisotopic (exact) mass is 410 g/mol. The van der Waals surface area contributed by atoms with Gasteiger partial charge in [-0.15, -0.1) is 0 Å². The van der Waals surface area contributed by atoms with Gasteiger partial charge in [0, 0.05) is 34.6 Å². The van der Waals surface area contributed by atoms with Crippen LogP contribution in [0.5, 0.6) is 11.5 Å². The summed E-state index contributed by atoms with van der Waals surface area (Å²) >= 11 is 0. The fourth-order valence-corrected chi connectivity index (χ4v) is 5.84. The minimum Gasteiger partial charge on any atom is -0.493 e. The molecule has 2 heterocycles. The van der Waals surface area contributed by atoms with E-state index in [2.05, 4.69) is 71.0 Å². The maximum atomic E-state index is 5.83. The highest BCUT2D eigenvalue weighted by molar-refractivity contribution is 5.87. The van der Waals surface area contributed by atoms with E-state index in [0.29, 0.717) is 0 Å². The first-order chi connectivity index (χ1) is 15.3. The highest BCUT2D eigenvalue weighted by atomic mass is 16.5. The number of nitrogens with one attached hydrogen (secondary N) is 2. The smallest absolute Gasteiger partial charge is 0.164 e. The second-order valence-electron chi connectivity index (χ2n) is 8.54. The molecule has 0 saturated carbocycles. The van der Waals surface area contributed by atoms with E-state index in [1.54, 1.807) is 14.2 Å². The number of hydrogen-bond donors (Lipinski definition) is 2. The highest BCUT2D eigenvalue weighted by Crippen LogP contribution is 2.51. The molecule has 0 saturated heterocycles. The summed E-state index contributed by atoms with van der Waals surface area (Å²) in [5, 5.41) is 5.27. The quantitative estimate of drug-likeness (QED) is 0.493. The van der Waals surface area contributed by atoms with Crippen LogP contribution in [0.1, 0.15) is 40.3 Å². The van der Waals surface area contributed by atoms with E-state index in [-0.39, 0.29) is 11.5 Å². The number of hydrogen-bond acceptors (Lipinski definition) is 3. The summed E-state index contributed by atoms with van der Waals surface area (Å²) < 4.78 is 11.4. The molecule has 4 aromatic rings. The van der Waals surface area contributed by atoms with Gasteiger partial charge in [-0.05, 0) is 41.7 Å². The molecule has 1 aromatic heterocycles. The number of ether oxygens (including phenoxy) is 2. The first-order valence-electron chi connectivity index (χ1n) is 10.9. The summed E-state index contributed by atoms with van der Waals surface area (Å²) in [5.41, 5.74) is 7.68. The van der Waals surface area contributed by atoms with Crippen LogP contribution >= 0.6 is 0 Å². The lowest BCUT2D eigenvalue weighted by molar-refractivity contribution is 0.337. The van der Waals surface area contributed by atoms with Crippen LogP contribution < -0.4 is 14.8 Å². The minimum absolute atomic E-state index is 0.162. The van der Waals surface area contributed by atoms with Gasteiger partial charge >= 0.3 is 0 Å². The van der Waals surface area contributed by atoms with Crippen molar-refractivity contribution in [3.05, 3.63) is 94.7 Å². The van der Waals surface area contributed by atoms with Gasteiger partial charge in [-0.2, -0.15) is 0 Å².